The van der Waals surface area contributed by atoms with Crippen molar-refractivity contribution < 1.29 is 9.90 Å². The summed E-state index contributed by atoms with van der Waals surface area (Å²) in [5.41, 5.74) is 0. The molecule has 102 valence electrons. The van der Waals surface area contributed by atoms with Crippen LogP contribution in [0.1, 0.15) is 49.4 Å². The Morgan fingerprint density at radius 1 is 1.42 bits per heavy atom. The van der Waals surface area contributed by atoms with Crippen LogP contribution in [0.5, 0.6) is 0 Å². The quantitative estimate of drug-likeness (QED) is 0.931. The minimum atomic E-state index is -0.702. The van der Waals surface area contributed by atoms with Gasteiger partial charge in [0.05, 0.1) is 5.92 Å². The molecule has 1 fully saturated rings. The molecule has 0 amide bonds. The number of carboxylic acid groups (broad SMARTS) is 1. The fourth-order valence-electron chi connectivity index (χ4n) is 2.76. The van der Waals surface area contributed by atoms with Crippen LogP contribution in [0.4, 0.5) is 0 Å². The van der Waals surface area contributed by atoms with Crippen LogP contribution in [0.3, 0.4) is 0 Å². The van der Waals surface area contributed by atoms with Gasteiger partial charge in [-0.2, -0.15) is 9.61 Å². The third kappa shape index (κ3) is 2.11. The predicted octanol–water partition coefficient (Wildman–Crippen LogP) is 2.11. The summed E-state index contributed by atoms with van der Waals surface area (Å²) >= 11 is 1.48. The van der Waals surface area contributed by atoms with Crippen LogP contribution in [0, 0.1) is 5.92 Å². The summed E-state index contributed by atoms with van der Waals surface area (Å²) in [6.45, 7) is 2.01. The van der Waals surface area contributed by atoms with Crippen molar-refractivity contribution in [2.75, 3.05) is 0 Å². The number of hydrogen-bond donors (Lipinski definition) is 1. The van der Waals surface area contributed by atoms with E-state index in [0.29, 0.717) is 0 Å². The number of carbonyl (C=O) groups is 1. The van der Waals surface area contributed by atoms with E-state index in [0.717, 1.165) is 47.9 Å². The highest BCUT2D eigenvalue weighted by Crippen LogP contribution is 2.39. The zero-order chi connectivity index (χ0) is 13.4. The van der Waals surface area contributed by atoms with Gasteiger partial charge in [0.15, 0.2) is 5.82 Å². The molecule has 2 atom stereocenters. The number of aryl methyl sites for hydroxylation is 1. The van der Waals surface area contributed by atoms with Crippen LogP contribution in [-0.2, 0) is 11.2 Å². The zero-order valence-corrected chi connectivity index (χ0v) is 11.6. The van der Waals surface area contributed by atoms with Gasteiger partial charge in [-0.15, -0.1) is 10.2 Å². The normalized spacial score (nSPS) is 23.8. The van der Waals surface area contributed by atoms with E-state index in [1.165, 1.54) is 11.3 Å². The van der Waals surface area contributed by atoms with Crippen molar-refractivity contribution in [2.45, 2.75) is 44.9 Å². The summed E-state index contributed by atoms with van der Waals surface area (Å²) in [5.74, 6) is -0.142. The molecule has 2 aromatic heterocycles. The van der Waals surface area contributed by atoms with E-state index in [-0.39, 0.29) is 11.8 Å². The molecule has 6 nitrogen and oxygen atoms in total. The SMILES string of the molecule is CCc1nnc2sc(C3CCCCC3C(=O)O)nn12. The largest absolute Gasteiger partial charge is 0.481 e. The van der Waals surface area contributed by atoms with Gasteiger partial charge in [0, 0.05) is 12.3 Å². The first-order chi connectivity index (χ1) is 9.20. The lowest BCUT2D eigenvalue weighted by molar-refractivity contribution is -0.143. The summed E-state index contributed by atoms with van der Waals surface area (Å²) in [4.78, 5) is 12.1. The number of nitrogens with zero attached hydrogens (tertiary/aromatic N) is 4. The maximum atomic E-state index is 11.4. The van der Waals surface area contributed by atoms with Crippen LogP contribution in [0.25, 0.3) is 4.96 Å². The van der Waals surface area contributed by atoms with Crippen LogP contribution < -0.4 is 0 Å². The van der Waals surface area contributed by atoms with Gasteiger partial charge in [0.25, 0.3) is 0 Å². The standard InChI is InChI=1S/C12H16N4O2S/c1-2-9-13-14-12-16(9)15-10(19-12)7-5-3-4-6-8(7)11(17)18/h7-8H,2-6H2,1H3,(H,17,18). The van der Waals surface area contributed by atoms with Crippen molar-refractivity contribution in [2.24, 2.45) is 5.92 Å². The Bertz CT molecular complexity index is 606. The average Bonchev–Trinajstić information content (AvgIpc) is 2.98. The summed E-state index contributed by atoms with van der Waals surface area (Å²) in [6.07, 6.45) is 4.51. The molecule has 0 spiro atoms. The molecular formula is C12H16N4O2S. The molecule has 7 heteroatoms. The molecule has 3 rings (SSSR count). The average molecular weight is 280 g/mol. The Morgan fingerprint density at radius 3 is 2.95 bits per heavy atom. The van der Waals surface area contributed by atoms with Crippen molar-refractivity contribution in [3.63, 3.8) is 0 Å². The molecule has 1 saturated carbocycles. The van der Waals surface area contributed by atoms with E-state index in [1.807, 2.05) is 6.92 Å². The second-order valence-corrected chi connectivity index (χ2v) is 5.93. The molecular weight excluding hydrogens is 264 g/mol. The van der Waals surface area contributed by atoms with Gasteiger partial charge in [-0.05, 0) is 12.8 Å². The molecule has 1 N–H and O–H groups in total. The number of aliphatic carboxylic acids is 1. The lowest BCUT2D eigenvalue weighted by atomic mass is 9.80. The van der Waals surface area contributed by atoms with E-state index in [2.05, 4.69) is 15.3 Å². The van der Waals surface area contributed by atoms with Gasteiger partial charge in [0.1, 0.15) is 5.01 Å². The Morgan fingerprint density at radius 2 is 2.21 bits per heavy atom. The van der Waals surface area contributed by atoms with Crippen molar-refractivity contribution in [3.05, 3.63) is 10.8 Å². The smallest absolute Gasteiger partial charge is 0.307 e. The van der Waals surface area contributed by atoms with Crippen LogP contribution in [-0.4, -0.2) is 30.9 Å². The number of aromatic nitrogens is 4. The highest BCUT2D eigenvalue weighted by Gasteiger charge is 2.34. The predicted molar refractivity (Wildman–Crippen MR) is 70.4 cm³/mol. The van der Waals surface area contributed by atoms with Gasteiger partial charge in [0.2, 0.25) is 4.96 Å². The maximum Gasteiger partial charge on any atom is 0.307 e. The molecule has 2 heterocycles. The highest BCUT2D eigenvalue weighted by atomic mass is 32.1. The lowest BCUT2D eigenvalue weighted by Gasteiger charge is -2.26. The first-order valence-electron chi connectivity index (χ1n) is 6.64. The minimum Gasteiger partial charge on any atom is -0.481 e. The molecule has 0 aromatic carbocycles. The number of fused-ring (bicyclic) bond motifs is 1. The molecule has 0 aliphatic heterocycles. The van der Waals surface area contributed by atoms with E-state index in [4.69, 9.17) is 0 Å². The second kappa shape index (κ2) is 4.88. The first-order valence-corrected chi connectivity index (χ1v) is 7.46. The van der Waals surface area contributed by atoms with Gasteiger partial charge in [-0.25, -0.2) is 0 Å². The van der Waals surface area contributed by atoms with Crippen molar-refractivity contribution in [1.82, 2.24) is 19.8 Å². The molecule has 0 radical (unpaired) electrons. The molecule has 1 aliphatic rings. The zero-order valence-electron chi connectivity index (χ0n) is 10.7. The van der Waals surface area contributed by atoms with E-state index in [9.17, 15) is 9.90 Å². The summed E-state index contributed by atoms with van der Waals surface area (Å²) in [7, 11) is 0. The lowest BCUT2D eigenvalue weighted by Crippen LogP contribution is -2.25. The van der Waals surface area contributed by atoms with Crippen LogP contribution >= 0.6 is 11.3 Å². The number of carboxylic acids is 1. The first kappa shape index (κ1) is 12.5. The van der Waals surface area contributed by atoms with Gasteiger partial charge in [-0.3, -0.25) is 4.79 Å². The van der Waals surface area contributed by atoms with Gasteiger partial charge in [-0.1, -0.05) is 31.1 Å². The summed E-state index contributed by atoms with van der Waals surface area (Å²) < 4.78 is 1.76. The molecule has 0 saturated heterocycles. The maximum absolute atomic E-state index is 11.4. The van der Waals surface area contributed by atoms with Crippen molar-refractivity contribution in [3.8, 4) is 0 Å². The number of rotatable bonds is 3. The summed E-state index contributed by atoms with van der Waals surface area (Å²) in [5, 5.41) is 22.9. The Labute approximate surface area is 114 Å². The topological polar surface area (TPSA) is 80.4 Å². The Kier molecular flexibility index (Phi) is 3.22. The third-order valence-electron chi connectivity index (χ3n) is 3.79. The highest BCUT2D eigenvalue weighted by molar-refractivity contribution is 7.16. The van der Waals surface area contributed by atoms with Gasteiger partial charge < -0.3 is 5.11 Å². The monoisotopic (exact) mass is 280 g/mol. The fourth-order valence-corrected chi connectivity index (χ4v) is 3.82. The molecule has 0 bridgehead atoms. The van der Waals surface area contributed by atoms with E-state index < -0.39 is 5.97 Å². The molecule has 1 aliphatic carbocycles. The van der Waals surface area contributed by atoms with Crippen LogP contribution in [0.2, 0.25) is 0 Å². The molecule has 2 unspecified atom stereocenters. The van der Waals surface area contributed by atoms with E-state index in [1.54, 1.807) is 4.52 Å². The minimum absolute atomic E-state index is 0.0302. The number of hydrogen-bond acceptors (Lipinski definition) is 5. The Hall–Kier alpha value is -1.50. The third-order valence-corrected chi connectivity index (χ3v) is 4.82. The van der Waals surface area contributed by atoms with Crippen molar-refractivity contribution in [1.29, 1.82) is 0 Å². The fraction of sp³-hybridized carbons (Fsp3) is 0.667. The van der Waals surface area contributed by atoms with Crippen LogP contribution in [0.15, 0.2) is 0 Å². The Balaban J connectivity index is 1.97. The molecule has 2 aromatic rings. The van der Waals surface area contributed by atoms with Gasteiger partial charge >= 0.3 is 5.97 Å². The van der Waals surface area contributed by atoms with E-state index >= 15 is 0 Å². The molecule has 19 heavy (non-hydrogen) atoms. The second-order valence-electron chi connectivity index (χ2n) is 4.94. The van der Waals surface area contributed by atoms with Crippen molar-refractivity contribution >= 4 is 22.3 Å². The summed E-state index contributed by atoms with van der Waals surface area (Å²) in [6, 6.07) is 0.